The lowest BCUT2D eigenvalue weighted by Crippen LogP contribution is -2.15. The molecule has 0 aliphatic carbocycles. The van der Waals surface area contributed by atoms with Crippen molar-refractivity contribution in [3.05, 3.63) is 63.5 Å². The fourth-order valence-electron chi connectivity index (χ4n) is 2.45. The van der Waals surface area contributed by atoms with Crippen LogP contribution in [0.25, 0.3) is 10.2 Å². The minimum Gasteiger partial charge on any atom is -0.322 e. The van der Waals surface area contributed by atoms with E-state index < -0.39 is 11.7 Å². The Labute approximate surface area is 136 Å². The molecule has 0 atom stereocenters. The molecule has 0 aliphatic heterocycles. The molecule has 0 bridgehead atoms. The highest BCUT2D eigenvalue weighted by molar-refractivity contribution is 7.16. The first-order valence-corrected chi connectivity index (χ1v) is 8.00. The van der Waals surface area contributed by atoms with Crippen molar-refractivity contribution in [1.82, 2.24) is 4.57 Å². The van der Waals surface area contributed by atoms with E-state index in [1.165, 1.54) is 18.2 Å². The summed E-state index contributed by atoms with van der Waals surface area (Å²) in [6, 6.07) is 11.1. The zero-order valence-electron chi connectivity index (χ0n) is 12.7. The summed E-state index contributed by atoms with van der Waals surface area (Å²) in [4.78, 5) is 24.1. The topological polar surface area (TPSA) is 51.1 Å². The Hall–Kier alpha value is -2.47. The molecule has 6 heteroatoms. The van der Waals surface area contributed by atoms with E-state index in [2.05, 4.69) is 5.32 Å². The summed E-state index contributed by atoms with van der Waals surface area (Å²) in [6.45, 7) is 3.89. The molecule has 3 rings (SSSR count). The number of thiazole rings is 1. The van der Waals surface area contributed by atoms with E-state index in [4.69, 9.17) is 0 Å². The van der Waals surface area contributed by atoms with Crippen molar-refractivity contribution in [3.8, 4) is 0 Å². The lowest BCUT2D eigenvalue weighted by molar-refractivity contribution is 0.102. The second-order valence-corrected chi connectivity index (χ2v) is 6.44. The Morgan fingerprint density at radius 3 is 2.65 bits per heavy atom. The summed E-state index contributed by atoms with van der Waals surface area (Å²) < 4.78 is 16.1. The Morgan fingerprint density at radius 1 is 1.22 bits per heavy atom. The number of halogens is 1. The number of anilines is 1. The van der Waals surface area contributed by atoms with Crippen LogP contribution in [0.4, 0.5) is 10.1 Å². The molecule has 0 saturated carbocycles. The quantitative estimate of drug-likeness (QED) is 0.788. The van der Waals surface area contributed by atoms with Gasteiger partial charge < -0.3 is 5.32 Å². The zero-order chi connectivity index (χ0) is 16.6. The lowest BCUT2D eigenvalue weighted by atomic mass is 10.2. The van der Waals surface area contributed by atoms with Gasteiger partial charge in [-0.2, -0.15) is 0 Å². The maximum absolute atomic E-state index is 13.6. The van der Waals surface area contributed by atoms with Crippen molar-refractivity contribution in [2.24, 2.45) is 0 Å². The number of hydrogen-bond donors (Lipinski definition) is 1. The Morgan fingerprint density at radius 2 is 1.96 bits per heavy atom. The van der Waals surface area contributed by atoms with E-state index in [0.29, 0.717) is 5.69 Å². The van der Waals surface area contributed by atoms with Crippen LogP contribution in [-0.2, 0) is 0 Å². The van der Waals surface area contributed by atoms with Crippen LogP contribution in [-0.4, -0.2) is 10.5 Å². The van der Waals surface area contributed by atoms with Crippen LogP contribution < -0.4 is 10.2 Å². The third-order valence-corrected chi connectivity index (χ3v) is 4.42. The first-order chi connectivity index (χ1) is 11.0. The number of benzene rings is 2. The first kappa shape index (κ1) is 15.4. The van der Waals surface area contributed by atoms with Crippen molar-refractivity contribution in [3.63, 3.8) is 0 Å². The van der Waals surface area contributed by atoms with Gasteiger partial charge in [0.25, 0.3) is 5.91 Å². The molecule has 0 unspecified atom stereocenters. The number of aromatic nitrogens is 1. The Kier molecular flexibility index (Phi) is 4.00. The molecule has 2 aromatic carbocycles. The normalized spacial score (nSPS) is 11.1. The average Bonchev–Trinajstić information content (AvgIpc) is 2.82. The van der Waals surface area contributed by atoms with Gasteiger partial charge in [-0.1, -0.05) is 23.5 Å². The number of carbonyl (C=O) groups is 1. The maximum atomic E-state index is 13.6. The van der Waals surface area contributed by atoms with Crippen LogP contribution in [0.2, 0.25) is 0 Å². The molecule has 1 aromatic heterocycles. The number of rotatable bonds is 3. The summed E-state index contributed by atoms with van der Waals surface area (Å²) in [6.07, 6.45) is 0. The van der Waals surface area contributed by atoms with Gasteiger partial charge in [-0.05, 0) is 44.2 Å². The van der Waals surface area contributed by atoms with Gasteiger partial charge in [-0.3, -0.25) is 14.2 Å². The second kappa shape index (κ2) is 5.96. The fourth-order valence-corrected chi connectivity index (χ4v) is 3.50. The van der Waals surface area contributed by atoms with Gasteiger partial charge >= 0.3 is 4.87 Å². The molecule has 4 nitrogen and oxygen atoms in total. The van der Waals surface area contributed by atoms with E-state index in [1.54, 1.807) is 28.8 Å². The zero-order valence-corrected chi connectivity index (χ0v) is 13.5. The van der Waals surface area contributed by atoms with Crippen LogP contribution in [0.5, 0.6) is 0 Å². The van der Waals surface area contributed by atoms with E-state index in [-0.39, 0.29) is 16.5 Å². The number of fused-ring (bicyclic) bond motifs is 1. The van der Waals surface area contributed by atoms with Gasteiger partial charge in [0.1, 0.15) is 5.82 Å². The Bertz CT molecular complexity index is 943. The highest BCUT2D eigenvalue weighted by Gasteiger charge is 2.13. The van der Waals surface area contributed by atoms with Crippen LogP contribution in [0.1, 0.15) is 30.2 Å². The van der Waals surface area contributed by atoms with Gasteiger partial charge in [0.05, 0.1) is 15.8 Å². The molecule has 0 spiro atoms. The summed E-state index contributed by atoms with van der Waals surface area (Å²) in [5.41, 5.74) is 1.35. The largest absolute Gasteiger partial charge is 0.322 e. The average molecular weight is 330 g/mol. The van der Waals surface area contributed by atoms with E-state index in [0.717, 1.165) is 21.6 Å². The van der Waals surface area contributed by atoms with Gasteiger partial charge in [-0.25, -0.2) is 4.39 Å². The van der Waals surface area contributed by atoms with Crippen molar-refractivity contribution < 1.29 is 9.18 Å². The summed E-state index contributed by atoms with van der Waals surface area (Å²) in [7, 11) is 0. The number of amides is 1. The number of hydrogen-bond acceptors (Lipinski definition) is 3. The van der Waals surface area contributed by atoms with Crippen LogP contribution in [0, 0.1) is 5.82 Å². The van der Waals surface area contributed by atoms with Gasteiger partial charge in [0.2, 0.25) is 0 Å². The van der Waals surface area contributed by atoms with Crippen molar-refractivity contribution in [2.75, 3.05) is 5.32 Å². The van der Waals surface area contributed by atoms with Crippen LogP contribution in [0.15, 0.2) is 47.3 Å². The monoisotopic (exact) mass is 330 g/mol. The highest BCUT2D eigenvalue weighted by atomic mass is 32.1. The predicted octanol–water partition coefficient (Wildman–Crippen LogP) is 4.04. The first-order valence-electron chi connectivity index (χ1n) is 7.18. The molecule has 0 radical (unpaired) electrons. The molecule has 0 fully saturated rings. The minimum absolute atomic E-state index is 0.0134. The fraction of sp³-hybridized carbons (Fsp3) is 0.176. The van der Waals surface area contributed by atoms with Crippen molar-refractivity contribution >= 4 is 33.1 Å². The second-order valence-electron chi connectivity index (χ2n) is 5.45. The third kappa shape index (κ3) is 2.90. The predicted molar refractivity (Wildman–Crippen MR) is 90.8 cm³/mol. The molecule has 0 saturated heterocycles. The van der Waals surface area contributed by atoms with Crippen LogP contribution in [0.3, 0.4) is 0 Å². The maximum Gasteiger partial charge on any atom is 0.308 e. The van der Waals surface area contributed by atoms with Crippen molar-refractivity contribution in [1.29, 1.82) is 0 Å². The van der Waals surface area contributed by atoms with E-state index in [9.17, 15) is 14.0 Å². The molecular formula is C17H15FN2O2S. The minimum atomic E-state index is -0.568. The molecule has 1 heterocycles. The van der Waals surface area contributed by atoms with E-state index in [1.807, 2.05) is 13.8 Å². The van der Waals surface area contributed by atoms with Gasteiger partial charge in [0.15, 0.2) is 0 Å². The number of nitrogens with zero attached hydrogens (tertiary/aromatic N) is 1. The van der Waals surface area contributed by atoms with Gasteiger partial charge in [-0.15, -0.1) is 0 Å². The lowest BCUT2D eigenvalue weighted by Gasteiger charge is -2.09. The molecular weight excluding hydrogens is 315 g/mol. The third-order valence-electron chi connectivity index (χ3n) is 3.51. The standard InChI is InChI=1S/C17H15FN2O2S/c1-10(2)20-14-8-7-11(9-15(14)23-17(20)22)19-16(21)12-5-3-4-6-13(12)18/h3-10H,1-2H3,(H,19,21). The Balaban J connectivity index is 1.94. The smallest absolute Gasteiger partial charge is 0.308 e. The SMILES string of the molecule is CC(C)n1c(=O)sc2cc(NC(=O)c3ccccc3F)ccc21. The molecule has 3 aromatic rings. The summed E-state index contributed by atoms with van der Waals surface area (Å²) >= 11 is 1.13. The molecule has 1 amide bonds. The van der Waals surface area contributed by atoms with E-state index >= 15 is 0 Å². The molecule has 118 valence electrons. The number of nitrogens with one attached hydrogen (secondary N) is 1. The molecule has 0 aliphatic rings. The van der Waals surface area contributed by atoms with Gasteiger partial charge in [0, 0.05) is 11.7 Å². The number of carbonyl (C=O) groups excluding carboxylic acids is 1. The summed E-state index contributed by atoms with van der Waals surface area (Å²) in [5.74, 6) is -1.08. The summed E-state index contributed by atoms with van der Waals surface area (Å²) in [5, 5.41) is 2.67. The molecule has 1 N–H and O–H groups in total. The van der Waals surface area contributed by atoms with Crippen LogP contribution >= 0.6 is 11.3 Å². The highest BCUT2D eigenvalue weighted by Crippen LogP contribution is 2.24. The molecule has 23 heavy (non-hydrogen) atoms. The van der Waals surface area contributed by atoms with Crippen molar-refractivity contribution in [2.45, 2.75) is 19.9 Å².